The number of para-hydroxylation sites is 1. The fourth-order valence-corrected chi connectivity index (χ4v) is 5.06. The smallest absolute Gasteiger partial charge is 0.266 e. The molecule has 0 saturated heterocycles. The third kappa shape index (κ3) is 4.64. The number of sulfonamides is 1. The van der Waals surface area contributed by atoms with E-state index in [0.717, 1.165) is 0 Å². The number of nitrogens with zero attached hydrogens (tertiary/aromatic N) is 3. The van der Waals surface area contributed by atoms with Gasteiger partial charge < -0.3 is 0 Å². The fourth-order valence-electron chi connectivity index (χ4n) is 2.53. The van der Waals surface area contributed by atoms with Crippen LogP contribution in [0.2, 0.25) is 5.02 Å². The van der Waals surface area contributed by atoms with Crippen molar-refractivity contribution < 1.29 is 13.2 Å². The van der Waals surface area contributed by atoms with Crippen molar-refractivity contribution in [3.05, 3.63) is 76.8 Å². The van der Waals surface area contributed by atoms with E-state index in [0.29, 0.717) is 15.8 Å². The van der Waals surface area contributed by atoms with Crippen LogP contribution in [-0.2, 0) is 10.0 Å². The first-order valence-electron chi connectivity index (χ1n) is 8.42. The summed E-state index contributed by atoms with van der Waals surface area (Å²) in [4.78, 5) is 12.4. The number of hydrogen-bond donors (Lipinski definition) is 1. The van der Waals surface area contributed by atoms with Crippen molar-refractivity contribution in [1.82, 2.24) is 10.2 Å². The Labute approximate surface area is 177 Å². The van der Waals surface area contributed by atoms with Crippen LogP contribution in [0.3, 0.4) is 0 Å². The fraction of sp³-hybridized carbons (Fsp3) is 0.105. The number of aryl methyl sites for hydroxylation is 1. The van der Waals surface area contributed by atoms with E-state index in [1.807, 2.05) is 0 Å². The molecule has 0 aliphatic carbocycles. The lowest BCUT2D eigenvalue weighted by Gasteiger charge is -2.24. The maximum absolute atomic E-state index is 13.3. The van der Waals surface area contributed by atoms with Crippen LogP contribution in [0, 0.1) is 6.92 Å². The van der Waals surface area contributed by atoms with Gasteiger partial charge in [-0.05, 0) is 37.3 Å². The molecule has 0 saturated carbocycles. The molecule has 0 radical (unpaired) electrons. The quantitative estimate of drug-likeness (QED) is 0.548. The average molecular weight is 449 g/mol. The maximum atomic E-state index is 13.3. The van der Waals surface area contributed by atoms with Crippen LogP contribution >= 0.6 is 22.9 Å². The van der Waals surface area contributed by atoms with Crippen molar-refractivity contribution in [2.45, 2.75) is 11.8 Å². The first kappa shape index (κ1) is 21.0. The molecule has 0 aliphatic heterocycles. The van der Waals surface area contributed by atoms with E-state index in [9.17, 15) is 13.2 Å². The molecule has 1 aromatic heterocycles. The number of anilines is 2. The van der Waals surface area contributed by atoms with Gasteiger partial charge in [-0.1, -0.05) is 47.2 Å². The summed E-state index contributed by atoms with van der Waals surface area (Å²) in [5.41, 5.74) is 0.593. The van der Waals surface area contributed by atoms with E-state index in [-0.39, 0.29) is 22.0 Å². The minimum atomic E-state index is -4.05. The first-order chi connectivity index (χ1) is 13.8. The summed E-state index contributed by atoms with van der Waals surface area (Å²) in [5, 5.41) is 11.3. The second kappa shape index (κ2) is 8.73. The zero-order chi connectivity index (χ0) is 21.0. The molecule has 7 nitrogen and oxygen atoms in total. The van der Waals surface area contributed by atoms with Gasteiger partial charge >= 0.3 is 0 Å². The third-order valence-corrected chi connectivity index (χ3v) is 6.88. The highest BCUT2D eigenvalue weighted by Gasteiger charge is 2.27. The van der Waals surface area contributed by atoms with Crippen LogP contribution in [-0.4, -0.2) is 31.1 Å². The summed E-state index contributed by atoms with van der Waals surface area (Å²) < 4.78 is 27.8. The molecule has 3 aromatic rings. The lowest BCUT2D eigenvalue weighted by Crippen LogP contribution is -2.31. The molecular formula is C19H17ClN4O3S2. The topological polar surface area (TPSA) is 92.3 Å². The first-order valence-corrected chi connectivity index (χ1v) is 11.1. The van der Waals surface area contributed by atoms with E-state index < -0.39 is 15.9 Å². The minimum absolute atomic E-state index is 0.0123. The predicted octanol–water partition coefficient (Wildman–Crippen LogP) is 4.13. The summed E-state index contributed by atoms with van der Waals surface area (Å²) in [7, 11) is -4.05. The van der Waals surface area contributed by atoms with Gasteiger partial charge in [-0.3, -0.25) is 14.4 Å². The zero-order valence-electron chi connectivity index (χ0n) is 15.4. The van der Waals surface area contributed by atoms with Crippen LogP contribution in [0.15, 0.2) is 66.1 Å². The number of amides is 1. The molecule has 3 rings (SSSR count). The Hall–Kier alpha value is -2.75. The standard InChI is InChI=1S/C19H17ClN4O3S2/c1-3-11-24(15-7-5-4-6-8-15)29(26,27)17-12-14(9-10-16(17)20)18(25)21-19-23-22-13(2)28-19/h3-10,12H,1,11H2,2H3,(H,21,23,25). The lowest BCUT2D eigenvalue weighted by atomic mass is 10.2. The largest absolute Gasteiger partial charge is 0.296 e. The Kier molecular flexibility index (Phi) is 6.31. The van der Waals surface area contributed by atoms with Crippen molar-refractivity contribution in [1.29, 1.82) is 0 Å². The molecule has 0 aliphatic rings. The Morgan fingerprint density at radius 1 is 1.24 bits per heavy atom. The Morgan fingerprint density at radius 2 is 1.97 bits per heavy atom. The normalized spacial score (nSPS) is 11.1. The average Bonchev–Trinajstić information content (AvgIpc) is 3.11. The van der Waals surface area contributed by atoms with E-state index in [2.05, 4.69) is 22.1 Å². The number of aromatic nitrogens is 2. The molecule has 2 aromatic carbocycles. The van der Waals surface area contributed by atoms with Crippen LogP contribution in [0.1, 0.15) is 15.4 Å². The van der Waals surface area contributed by atoms with E-state index in [1.54, 1.807) is 37.3 Å². The molecule has 1 amide bonds. The summed E-state index contributed by atoms with van der Waals surface area (Å²) in [6, 6.07) is 12.7. The van der Waals surface area contributed by atoms with Crippen molar-refractivity contribution in [3.63, 3.8) is 0 Å². The molecule has 0 atom stereocenters. The van der Waals surface area contributed by atoms with E-state index in [1.165, 1.54) is 39.9 Å². The van der Waals surface area contributed by atoms with Gasteiger partial charge in [0.25, 0.3) is 15.9 Å². The van der Waals surface area contributed by atoms with Gasteiger partial charge in [0.1, 0.15) is 9.90 Å². The van der Waals surface area contributed by atoms with Crippen LogP contribution in [0.25, 0.3) is 0 Å². The van der Waals surface area contributed by atoms with Gasteiger partial charge in [-0.2, -0.15) is 0 Å². The lowest BCUT2D eigenvalue weighted by molar-refractivity contribution is 0.102. The molecular weight excluding hydrogens is 432 g/mol. The molecule has 0 fully saturated rings. The Balaban J connectivity index is 1.99. The molecule has 1 heterocycles. The second-order valence-electron chi connectivity index (χ2n) is 5.89. The van der Waals surface area contributed by atoms with Crippen LogP contribution in [0.4, 0.5) is 10.8 Å². The van der Waals surface area contributed by atoms with E-state index in [4.69, 9.17) is 11.6 Å². The number of nitrogens with one attached hydrogen (secondary N) is 1. The van der Waals surface area contributed by atoms with Crippen molar-refractivity contribution in [2.75, 3.05) is 16.2 Å². The Bertz CT molecular complexity index is 1150. The van der Waals surface area contributed by atoms with Crippen molar-refractivity contribution in [3.8, 4) is 0 Å². The molecule has 0 bridgehead atoms. The third-order valence-electron chi connectivity index (χ3n) is 3.85. The molecule has 0 unspecified atom stereocenters. The summed E-state index contributed by atoms with van der Waals surface area (Å²) >= 11 is 7.41. The number of rotatable bonds is 7. The molecule has 0 spiro atoms. The number of carbonyl (C=O) groups excluding carboxylic acids is 1. The van der Waals surface area contributed by atoms with Gasteiger partial charge in [-0.15, -0.1) is 16.8 Å². The summed E-state index contributed by atoms with van der Waals surface area (Å²) in [6.45, 7) is 5.44. The highest BCUT2D eigenvalue weighted by atomic mass is 35.5. The maximum Gasteiger partial charge on any atom is 0.266 e. The molecule has 29 heavy (non-hydrogen) atoms. The van der Waals surface area contributed by atoms with E-state index >= 15 is 0 Å². The van der Waals surface area contributed by atoms with Gasteiger partial charge in [0.15, 0.2) is 0 Å². The van der Waals surface area contributed by atoms with Gasteiger partial charge in [0, 0.05) is 5.56 Å². The number of carbonyl (C=O) groups is 1. The highest BCUT2D eigenvalue weighted by molar-refractivity contribution is 7.93. The zero-order valence-corrected chi connectivity index (χ0v) is 17.8. The second-order valence-corrected chi connectivity index (χ2v) is 9.31. The van der Waals surface area contributed by atoms with Gasteiger partial charge in [0.05, 0.1) is 17.3 Å². The van der Waals surface area contributed by atoms with Crippen LogP contribution in [0.5, 0.6) is 0 Å². The van der Waals surface area contributed by atoms with Crippen molar-refractivity contribution >= 4 is 49.7 Å². The van der Waals surface area contributed by atoms with Crippen molar-refractivity contribution in [2.24, 2.45) is 0 Å². The predicted molar refractivity (Wildman–Crippen MR) is 115 cm³/mol. The van der Waals surface area contributed by atoms with Gasteiger partial charge in [0.2, 0.25) is 5.13 Å². The SMILES string of the molecule is C=CCN(c1ccccc1)S(=O)(=O)c1cc(C(=O)Nc2nnc(C)s2)ccc1Cl. The van der Waals surface area contributed by atoms with Crippen LogP contribution < -0.4 is 9.62 Å². The molecule has 10 heteroatoms. The number of halogens is 1. The number of benzene rings is 2. The monoisotopic (exact) mass is 448 g/mol. The summed E-state index contributed by atoms with van der Waals surface area (Å²) in [5.74, 6) is -0.510. The van der Waals surface area contributed by atoms with Gasteiger partial charge in [-0.25, -0.2) is 8.42 Å². The summed E-state index contributed by atoms with van der Waals surface area (Å²) in [6.07, 6.45) is 1.48. The molecule has 150 valence electrons. The Morgan fingerprint density at radius 3 is 2.59 bits per heavy atom. The number of hydrogen-bond acceptors (Lipinski definition) is 6. The minimum Gasteiger partial charge on any atom is -0.296 e. The highest BCUT2D eigenvalue weighted by Crippen LogP contribution is 2.29. The molecule has 1 N–H and O–H groups in total.